The molecule has 1 fully saturated rings. The summed E-state index contributed by atoms with van der Waals surface area (Å²) >= 11 is 0. The van der Waals surface area contributed by atoms with Gasteiger partial charge in [-0.1, -0.05) is 0 Å². The summed E-state index contributed by atoms with van der Waals surface area (Å²) in [7, 11) is 1.34. The molecule has 1 rings (SSSR count). The molecular weight excluding hydrogens is 162 g/mol. The number of hydrogen-bond donors (Lipinski definition) is 2. The summed E-state index contributed by atoms with van der Waals surface area (Å²) in [4.78, 5) is 33.4. The topological polar surface area (TPSA) is 92.5 Å². The molecule has 0 aliphatic carbocycles. The van der Waals surface area contributed by atoms with Gasteiger partial charge in [0.25, 0.3) is 0 Å². The van der Waals surface area contributed by atoms with E-state index in [0.29, 0.717) is 0 Å². The number of rotatable bonds is 1. The molecule has 0 radical (unpaired) electrons. The van der Waals surface area contributed by atoms with Gasteiger partial charge in [-0.2, -0.15) is 0 Å². The highest BCUT2D eigenvalue weighted by molar-refractivity contribution is 6.01. The number of nitrogens with one attached hydrogen (secondary N) is 1. The number of amides is 4. The highest BCUT2D eigenvalue weighted by Crippen LogP contribution is 2.04. The van der Waals surface area contributed by atoms with Gasteiger partial charge in [0.15, 0.2) is 0 Å². The average molecular weight is 171 g/mol. The fraction of sp³-hybridized carbons (Fsp3) is 0.500. The van der Waals surface area contributed by atoms with Gasteiger partial charge in [-0.05, 0) is 0 Å². The van der Waals surface area contributed by atoms with Gasteiger partial charge in [-0.25, -0.2) is 4.79 Å². The van der Waals surface area contributed by atoms with E-state index in [9.17, 15) is 14.4 Å². The quantitative estimate of drug-likeness (QED) is 0.498. The number of primary amides is 1. The molecule has 1 aliphatic heterocycles. The van der Waals surface area contributed by atoms with Crippen LogP contribution >= 0.6 is 0 Å². The summed E-state index contributed by atoms with van der Waals surface area (Å²) < 4.78 is 0. The molecule has 3 N–H and O–H groups in total. The van der Waals surface area contributed by atoms with E-state index < -0.39 is 23.9 Å². The van der Waals surface area contributed by atoms with E-state index in [1.807, 2.05) is 0 Å². The Kier molecular flexibility index (Phi) is 1.99. The summed E-state index contributed by atoms with van der Waals surface area (Å²) in [5, 5.41) is 2.29. The van der Waals surface area contributed by atoms with Gasteiger partial charge >= 0.3 is 6.03 Å². The van der Waals surface area contributed by atoms with Crippen LogP contribution in [0, 0.1) is 0 Å². The van der Waals surface area contributed by atoms with E-state index in [0.717, 1.165) is 4.90 Å². The van der Waals surface area contributed by atoms with E-state index in [4.69, 9.17) is 5.73 Å². The monoisotopic (exact) mass is 171 g/mol. The first-order valence-electron chi connectivity index (χ1n) is 3.38. The van der Waals surface area contributed by atoms with Gasteiger partial charge in [-0.3, -0.25) is 14.5 Å². The molecule has 0 bridgehead atoms. The molecule has 1 unspecified atom stereocenters. The molecule has 0 aromatic heterocycles. The van der Waals surface area contributed by atoms with Crippen molar-refractivity contribution in [2.45, 2.75) is 12.5 Å². The Labute approximate surface area is 68.7 Å². The van der Waals surface area contributed by atoms with Gasteiger partial charge in [0.1, 0.15) is 6.04 Å². The van der Waals surface area contributed by atoms with Crippen molar-refractivity contribution in [2.75, 3.05) is 7.05 Å². The third-order valence-corrected chi connectivity index (χ3v) is 1.70. The molecule has 4 amide bonds. The maximum absolute atomic E-state index is 11.0. The molecule has 12 heavy (non-hydrogen) atoms. The van der Waals surface area contributed by atoms with Crippen LogP contribution in [-0.2, 0) is 9.59 Å². The van der Waals surface area contributed by atoms with Gasteiger partial charge < -0.3 is 11.1 Å². The number of carbonyl (C=O) groups excluding carboxylic acids is 3. The number of urea groups is 1. The molecule has 1 heterocycles. The van der Waals surface area contributed by atoms with Crippen LogP contribution in [0.25, 0.3) is 0 Å². The highest BCUT2D eigenvalue weighted by Gasteiger charge is 2.31. The predicted molar refractivity (Wildman–Crippen MR) is 38.9 cm³/mol. The molecule has 1 atom stereocenters. The summed E-state index contributed by atoms with van der Waals surface area (Å²) in [5.74, 6) is -1.09. The molecule has 0 spiro atoms. The standard InChI is InChI=1S/C6H9N3O3/c1-9-4(10)2-3(5(7)11)8-6(9)12/h3H,2H2,1H3,(H2,7,11)(H,8,12). The van der Waals surface area contributed by atoms with Crippen LogP contribution in [0.4, 0.5) is 4.79 Å². The second-order valence-electron chi connectivity index (χ2n) is 2.56. The summed E-state index contributed by atoms with van der Waals surface area (Å²) in [6.45, 7) is 0. The van der Waals surface area contributed by atoms with Crippen molar-refractivity contribution in [3.05, 3.63) is 0 Å². The molecule has 0 aromatic rings. The Hall–Kier alpha value is -1.59. The maximum Gasteiger partial charge on any atom is 0.324 e. The number of nitrogens with two attached hydrogens (primary N) is 1. The number of hydrogen-bond acceptors (Lipinski definition) is 3. The normalized spacial score (nSPS) is 23.8. The lowest BCUT2D eigenvalue weighted by atomic mass is 10.1. The van der Waals surface area contributed by atoms with E-state index in [-0.39, 0.29) is 6.42 Å². The van der Waals surface area contributed by atoms with Crippen molar-refractivity contribution in [3.63, 3.8) is 0 Å². The lowest BCUT2D eigenvalue weighted by molar-refractivity contribution is -0.132. The minimum atomic E-state index is -0.860. The van der Waals surface area contributed by atoms with Crippen molar-refractivity contribution in [1.82, 2.24) is 10.2 Å². The molecule has 1 saturated heterocycles. The maximum atomic E-state index is 11.0. The second kappa shape index (κ2) is 2.80. The van der Waals surface area contributed by atoms with E-state index in [2.05, 4.69) is 5.32 Å². The molecule has 6 nitrogen and oxygen atoms in total. The third-order valence-electron chi connectivity index (χ3n) is 1.70. The van der Waals surface area contributed by atoms with Crippen molar-refractivity contribution >= 4 is 17.8 Å². The number of nitrogens with zero attached hydrogens (tertiary/aromatic N) is 1. The van der Waals surface area contributed by atoms with Crippen LogP contribution in [0.15, 0.2) is 0 Å². The summed E-state index contributed by atoms with van der Waals surface area (Å²) in [6, 6.07) is -1.45. The fourth-order valence-corrected chi connectivity index (χ4v) is 0.893. The average Bonchev–Trinajstić information content (AvgIpc) is 1.99. The molecular formula is C6H9N3O3. The largest absolute Gasteiger partial charge is 0.368 e. The number of carbonyl (C=O) groups is 3. The second-order valence-corrected chi connectivity index (χ2v) is 2.56. The first-order valence-corrected chi connectivity index (χ1v) is 3.38. The van der Waals surface area contributed by atoms with Gasteiger partial charge in [0, 0.05) is 7.05 Å². The van der Waals surface area contributed by atoms with Gasteiger partial charge in [0.2, 0.25) is 11.8 Å². The van der Waals surface area contributed by atoms with Crippen LogP contribution in [-0.4, -0.2) is 35.8 Å². The highest BCUT2D eigenvalue weighted by atomic mass is 16.2. The van der Waals surface area contributed by atoms with Gasteiger partial charge in [0.05, 0.1) is 6.42 Å². The molecule has 66 valence electrons. The van der Waals surface area contributed by atoms with E-state index in [1.54, 1.807) is 0 Å². The van der Waals surface area contributed by atoms with Crippen LogP contribution in [0.2, 0.25) is 0 Å². The Morgan fingerprint density at radius 2 is 2.25 bits per heavy atom. The minimum absolute atomic E-state index is 0.0580. The van der Waals surface area contributed by atoms with Crippen LogP contribution < -0.4 is 11.1 Å². The van der Waals surface area contributed by atoms with Crippen LogP contribution in [0.5, 0.6) is 0 Å². The number of imide groups is 1. The van der Waals surface area contributed by atoms with E-state index in [1.165, 1.54) is 7.05 Å². The molecule has 0 saturated carbocycles. The first kappa shape index (κ1) is 8.51. The fourth-order valence-electron chi connectivity index (χ4n) is 0.893. The zero-order valence-corrected chi connectivity index (χ0v) is 6.53. The molecule has 6 heteroatoms. The molecule has 1 aliphatic rings. The molecule has 0 aromatic carbocycles. The SMILES string of the molecule is CN1C(=O)CC(C(N)=O)NC1=O. The lowest BCUT2D eigenvalue weighted by Gasteiger charge is -2.26. The van der Waals surface area contributed by atoms with E-state index >= 15 is 0 Å². The summed E-state index contributed by atoms with van der Waals surface area (Å²) in [6.07, 6.45) is -0.0580. The Balaban J connectivity index is 2.72. The van der Waals surface area contributed by atoms with Crippen molar-refractivity contribution < 1.29 is 14.4 Å². The van der Waals surface area contributed by atoms with Crippen molar-refractivity contribution in [3.8, 4) is 0 Å². The summed E-state index contributed by atoms with van der Waals surface area (Å²) in [5.41, 5.74) is 4.91. The van der Waals surface area contributed by atoms with Crippen LogP contribution in [0.1, 0.15) is 6.42 Å². The van der Waals surface area contributed by atoms with Crippen molar-refractivity contribution in [2.24, 2.45) is 5.73 Å². The van der Waals surface area contributed by atoms with Crippen LogP contribution in [0.3, 0.4) is 0 Å². The smallest absolute Gasteiger partial charge is 0.324 e. The first-order chi connectivity index (χ1) is 5.52. The predicted octanol–water partition coefficient (Wildman–Crippen LogP) is -1.59. The lowest BCUT2D eigenvalue weighted by Crippen LogP contribution is -2.57. The van der Waals surface area contributed by atoms with Gasteiger partial charge in [-0.15, -0.1) is 0 Å². The zero-order chi connectivity index (χ0) is 9.30. The third kappa shape index (κ3) is 1.36. The Morgan fingerprint density at radius 3 is 2.67 bits per heavy atom. The minimum Gasteiger partial charge on any atom is -0.368 e. The van der Waals surface area contributed by atoms with Crippen molar-refractivity contribution in [1.29, 1.82) is 0 Å². The Morgan fingerprint density at radius 1 is 1.67 bits per heavy atom. The zero-order valence-electron chi connectivity index (χ0n) is 6.53. The Bertz CT molecular complexity index is 232.